The first-order chi connectivity index (χ1) is 6.37. The Hall–Kier alpha value is -0.960. The van der Waals surface area contributed by atoms with Crippen molar-refractivity contribution in [3.63, 3.8) is 0 Å². The summed E-state index contributed by atoms with van der Waals surface area (Å²) in [5.41, 5.74) is 0.152. The maximum absolute atomic E-state index is 12.6. The summed E-state index contributed by atoms with van der Waals surface area (Å²) in [5.74, 6) is -1.51. The van der Waals surface area contributed by atoms with Gasteiger partial charge in [0.1, 0.15) is 11.6 Å². The first-order valence-electron chi connectivity index (χ1n) is 4.46. The fourth-order valence-electron chi connectivity index (χ4n) is 0.778. The number of rotatable bonds is 2. The highest BCUT2D eigenvalue weighted by atomic mass is 19.1. The highest BCUT2D eigenvalue weighted by Crippen LogP contribution is 2.08. The van der Waals surface area contributed by atoms with Crippen LogP contribution < -0.4 is 0 Å². The van der Waals surface area contributed by atoms with Crippen molar-refractivity contribution in [2.75, 3.05) is 7.04 Å². The van der Waals surface area contributed by atoms with Gasteiger partial charge in [-0.3, -0.25) is 0 Å². The van der Waals surface area contributed by atoms with Crippen LogP contribution in [0.25, 0.3) is 0 Å². The van der Waals surface area contributed by atoms with Gasteiger partial charge in [-0.1, -0.05) is 0 Å². The molecule has 1 nitrogen and oxygen atoms in total. The molecule has 1 rings (SSSR count). The Balaban J connectivity index is 2.68. The molecule has 0 saturated heterocycles. The average Bonchev–Trinajstić information content (AvgIpc) is 1.97. The van der Waals surface area contributed by atoms with Crippen LogP contribution in [0.1, 0.15) is 9.68 Å². The van der Waals surface area contributed by atoms with Crippen LogP contribution >= 0.6 is 0 Å². The number of methoxy groups -OCH3 is 1. The number of benzene rings is 1. The summed E-state index contributed by atoms with van der Waals surface area (Å²) in [6.45, 7) is -0.342. The molecule has 0 aliphatic carbocycles. The minimum atomic E-state index is -2.55. The normalized spacial score (nSPS) is 15.3. The Kier molecular flexibility index (Phi) is 1.51. The molecule has 0 bridgehead atoms. The van der Waals surface area contributed by atoms with E-state index in [1.165, 1.54) is 0 Å². The molecule has 1 aromatic carbocycles. The molecule has 1 aromatic rings. The summed E-state index contributed by atoms with van der Waals surface area (Å²) in [6, 6.07) is 2.75. The van der Waals surface area contributed by atoms with Crippen LogP contribution in [-0.4, -0.2) is 7.04 Å². The SMILES string of the molecule is [2H]C([2H])([2H])OCc1cc(F)cc(F)c1. The second-order valence-corrected chi connectivity index (χ2v) is 2.07. The summed E-state index contributed by atoms with van der Waals surface area (Å²) in [4.78, 5) is 0. The van der Waals surface area contributed by atoms with Crippen molar-refractivity contribution < 1.29 is 17.6 Å². The third kappa shape index (κ3) is 2.27. The third-order valence-electron chi connectivity index (χ3n) is 1.16. The molecule has 0 aliphatic heterocycles. The molecule has 0 atom stereocenters. The van der Waals surface area contributed by atoms with Gasteiger partial charge in [0.15, 0.2) is 0 Å². The Labute approximate surface area is 67.8 Å². The highest BCUT2D eigenvalue weighted by Gasteiger charge is 1.98. The van der Waals surface area contributed by atoms with Gasteiger partial charge < -0.3 is 4.74 Å². The maximum atomic E-state index is 12.6. The summed E-state index contributed by atoms with van der Waals surface area (Å²) >= 11 is 0. The minimum Gasteiger partial charge on any atom is -0.380 e. The summed E-state index contributed by atoms with van der Waals surface area (Å²) in [5, 5.41) is 0. The van der Waals surface area contributed by atoms with E-state index in [1.807, 2.05) is 0 Å². The summed E-state index contributed by atoms with van der Waals surface area (Å²) in [7, 11) is -2.55. The van der Waals surface area contributed by atoms with Gasteiger partial charge in [0, 0.05) is 13.1 Å². The van der Waals surface area contributed by atoms with E-state index in [0.717, 1.165) is 12.1 Å². The Morgan fingerprint density at radius 2 is 2.00 bits per heavy atom. The van der Waals surface area contributed by atoms with Crippen LogP contribution in [0.4, 0.5) is 8.78 Å². The second kappa shape index (κ2) is 3.44. The van der Waals surface area contributed by atoms with Gasteiger partial charge >= 0.3 is 0 Å². The minimum absolute atomic E-state index is 0.152. The quantitative estimate of drug-likeness (QED) is 0.645. The molecule has 0 aliphatic rings. The van der Waals surface area contributed by atoms with Crippen molar-refractivity contribution in [2.45, 2.75) is 6.61 Å². The van der Waals surface area contributed by atoms with Gasteiger partial charge in [-0.2, -0.15) is 0 Å². The number of hydrogen-bond acceptors (Lipinski definition) is 1. The van der Waals surface area contributed by atoms with Crippen molar-refractivity contribution in [1.82, 2.24) is 0 Å². The molecule has 0 radical (unpaired) electrons. The largest absolute Gasteiger partial charge is 0.380 e. The molecule has 0 spiro atoms. The molecule has 0 amide bonds. The van der Waals surface area contributed by atoms with E-state index in [-0.39, 0.29) is 12.2 Å². The van der Waals surface area contributed by atoms with Crippen molar-refractivity contribution in [1.29, 1.82) is 0 Å². The van der Waals surface area contributed by atoms with E-state index in [0.29, 0.717) is 6.07 Å². The van der Waals surface area contributed by atoms with Gasteiger partial charge in [-0.15, -0.1) is 0 Å². The number of halogens is 2. The highest BCUT2D eigenvalue weighted by molar-refractivity contribution is 5.16. The van der Waals surface area contributed by atoms with Crippen LogP contribution in [0.3, 0.4) is 0 Å². The molecule has 0 unspecified atom stereocenters. The maximum Gasteiger partial charge on any atom is 0.126 e. The predicted molar refractivity (Wildman–Crippen MR) is 37.1 cm³/mol. The Morgan fingerprint density at radius 3 is 2.55 bits per heavy atom. The lowest BCUT2D eigenvalue weighted by Gasteiger charge is -1.98. The molecule has 11 heavy (non-hydrogen) atoms. The fraction of sp³-hybridized carbons (Fsp3) is 0.250. The van der Waals surface area contributed by atoms with Crippen LogP contribution in [-0.2, 0) is 11.3 Å². The lowest BCUT2D eigenvalue weighted by molar-refractivity contribution is 0.184. The summed E-state index contributed by atoms with van der Waals surface area (Å²) in [6.07, 6.45) is 0. The number of ether oxygens (including phenoxy) is 1. The topological polar surface area (TPSA) is 9.23 Å². The van der Waals surface area contributed by atoms with Gasteiger partial charge in [-0.25, -0.2) is 8.78 Å². The van der Waals surface area contributed by atoms with Crippen molar-refractivity contribution in [2.24, 2.45) is 0 Å². The monoisotopic (exact) mass is 161 g/mol. The molecule has 0 fully saturated rings. The zero-order valence-corrected chi connectivity index (χ0v) is 5.60. The zero-order valence-electron chi connectivity index (χ0n) is 8.60. The molecule has 3 heteroatoms. The molecule has 60 valence electrons. The zero-order chi connectivity index (χ0) is 10.8. The molecule has 0 saturated carbocycles. The van der Waals surface area contributed by atoms with Crippen molar-refractivity contribution in [3.05, 3.63) is 35.4 Å². The molecular weight excluding hydrogens is 150 g/mol. The molecule has 0 heterocycles. The predicted octanol–water partition coefficient (Wildman–Crippen LogP) is 2.11. The van der Waals surface area contributed by atoms with E-state index in [1.54, 1.807) is 0 Å². The van der Waals surface area contributed by atoms with Gasteiger partial charge in [0.25, 0.3) is 0 Å². The molecular formula is C8H8F2O. The third-order valence-corrected chi connectivity index (χ3v) is 1.16. The van der Waals surface area contributed by atoms with Gasteiger partial charge in [-0.05, 0) is 17.7 Å². The van der Waals surface area contributed by atoms with E-state index in [9.17, 15) is 8.78 Å². The van der Waals surface area contributed by atoms with Crippen LogP contribution in [0.2, 0.25) is 0 Å². The van der Waals surface area contributed by atoms with E-state index in [4.69, 9.17) is 4.11 Å². The second-order valence-electron chi connectivity index (χ2n) is 2.07. The van der Waals surface area contributed by atoms with Crippen LogP contribution in [0.5, 0.6) is 0 Å². The standard InChI is InChI=1S/C8H8F2O/c1-11-5-6-2-7(9)4-8(10)3-6/h2-4H,5H2,1H3/i1D3. The van der Waals surface area contributed by atoms with E-state index < -0.39 is 18.7 Å². The summed E-state index contributed by atoms with van der Waals surface area (Å²) < 4.78 is 49.8. The first-order valence-corrected chi connectivity index (χ1v) is 2.96. The fourth-order valence-corrected chi connectivity index (χ4v) is 0.778. The lowest BCUT2D eigenvalue weighted by atomic mass is 10.2. The van der Waals surface area contributed by atoms with Gasteiger partial charge in [0.2, 0.25) is 0 Å². The van der Waals surface area contributed by atoms with Crippen LogP contribution in [0, 0.1) is 11.6 Å². The first kappa shape index (κ1) is 4.83. The van der Waals surface area contributed by atoms with Crippen molar-refractivity contribution in [3.8, 4) is 0 Å². The smallest absolute Gasteiger partial charge is 0.126 e. The lowest BCUT2D eigenvalue weighted by Crippen LogP contribution is -1.90. The molecule has 0 N–H and O–H groups in total. The molecule has 0 aromatic heterocycles. The van der Waals surface area contributed by atoms with Gasteiger partial charge in [0.05, 0.1) is 10.7 Å². The van der Waals surface area contributed by atoms with E-state index in [2.05, 4.69) is 4.74 Å². The Morgan fingerprint density at radius 1 is 1.36 bits per heavy atom. The number of hydrogen-bond donors (Lipinski definition) is 0. The van der Waals surface area contributed by atoms with E-state index >= 15 is 0 Å². The van der Waals surface area contributed by atoms with Crippen LogP contribution in [0.15, 0.2) is 18.2 Å². The average molecular weight is 161 g/mol. The van der Waals surface area contributed by atoms with Crippen molar-refractivity contribution >= 4 is 0 Å². The Bertz CT molecular complexity index is 305.